The molecule has 0 aliphatic rings. The second-order valence-electron chi connectivity index (χ2n) is 4.96. The Morgan fingerprint density at radius 1 is 1.29 bits per heavy atom. The highest BCUT2D eigenvalue weighted by Gasteiger charge is 2.16. The summed E-state index contributed by atoms with van der Waals surface area (Å²) < 4.78 is 5.40. The number of nitrogens with zero attached hydrogens (tertiary/aromatic N) is 1. The molecule has 3 nitrogen and oxygen atoms in total. The third kappa shape index (κ3) is 3.37. The largest absolute Gasteiger partial charge is 0.496 e. The van der Waals surface area contributed by atoms with Gasteiger partial charge >= 0.3 is 0 Å². The zero-order valence-electron chi connectivity index (χ0n) is 11.5. The van der Waals surface area contributed by atoms with Crippen molar-refractivity contribution in [1.82, 2.24) is 0 Å². The second-order valence-corrected chi connectivity index (χ2v) is 4.96. The molecule has 1 aromatic carbocycles. The van der Waals surface area contributed by atoms with E-state index in [0.717, 1.165) is 23.5 Å². The van der Waals surface area contributed by atoms with Gasteiger partial charge in [0.25, 0.3) is 0 Å². The third-order valence-electron chi connectivity index (χ3n) is 2.77. The molecule has 0 saturated carbocycles. The van der Waals surface area contributed by atoms with Crippen LogP contribution >= 0.6 is 0 Å². The Labute approximate surface area is 105 Å². The summed E-state index contributed by atoms with van der Waals surface area (Å²) in [5.74, 6) is 1.49. The predicted molar refractivity (Wildman–Crippen MR) is 73.7 cm³/mol. The lowest BCUT2D eigenvalue weighted by molar-refractivity contribution is 0.407. The van der Waals surface area contributed by atoms with E-state index in [4.69, 9.17) is 10.5 Å². The van der Waals surface area contributed by atoms with Crippen LogP contribution in [0.2, 0.25) is 0 Å². The first-order chi connectivity index (χ1) is 7.97. The molecule has 0 spiro atoms. The number of benzene rings is 1. The van der Waals surface area contributed by atoms with E-state index >= 15 is 0 Å². The molecule has 0 fully saturated rings. The van der Waals surface area contributed by atoms with Gasteiger partial charge in [0.2, 0.25) is 0 Å². The zero-order chi connectivity index (χ0) is 13.0. The van der Waals surface area contributed by atoms with Gasteiger partial charge < -0.3 is 15.4 Å². The van der Waals surface area contributed by atoms with Crippen molar-refractivity contribution in [3.63, 3.8) is 0 Å². The standard InChI is InChI=1S/C14H24N2O/c1-10(2)9-16(4)12-7-6-8-13(17-5)14(12)11(3)15/h6-8,10-11H,9,15H2,1-5H3/t11-/m0/s1. The SMILES string of the molecule is COc1cccc(N(C)CC(C)C)c1[C@H](C)N. The molecule has 1 rings (SSSR count). The van der Waals surface area contributed by atoms with E-state index < -0.39 is 0 Å². The van der Waals surface area contributed by atoms with Crippen LogP contribution in [0.15, 0.2) is 18.2 Å². The van der Waals surface area contributed by atoms with E-state index in [9.17, 15) is 0 Å². The summed E-state index contributed by atoms with van der Waals surface area (Å²) in [6, 6.07) is 6.04. The summed E-state index contributed by atoms with van der Waals surface area (Å²) in [6.07, 6.45) is 0. The maximum atomic E-state index is 6.05. The van der Waals surface area contributed by atoms with Crippen LogP contribution < -0.4 is 15.4 Å². The molecule has 0 aliphatic carbocycles. The van der Waals surface area contributed by atoms with Crippen molar-refractivity contribution in [1.29, 1.82) is 0 Å². The molecular formula is C14H24N2O. The Morgan fingerprint density at radius 3 is 2.41 bits per heavy atom. The number of hydrogen-bond donors (Lipinski definition) is 1. The van der Waals surface area contributed by atoms with Crippen molar-refractivity contribution in [2.24, 2.45) is 11.7 Å². The minimum absolute atomic E-state index is 0.0317. The van der Waals surface area contributed by atoms with Gasteiger partial charge in [-0.25, -0.2) is 0 Å². The molecular weight excluding hydrogens is 212 g/mol. The normalized spacial score (nSPS) is 12.6. The van der Waals surface area contributed by atoms with Crippen LogP contribution in [0.5, 0.6) is 5.75 Å². The lowest BCUT2D eigenvalue weighted by Gasteiger charge is -2.26. The van der Waals surface area contributed by atoms with Crippen molar-refractivity contribution in [3.05, 3.63) is 23.8 Å². The lowest BCUT2D eigenvalue weighted by atomic mass is 10.0. The number of ether oxygens (including phenoxy) is 1. The number of methoxy groups -OCH3 is 1. The van der Waals surface area contributed by atoms with Gasteiger partial charge in [-0.2, -0.15) is 0 Å². The van der Waals surface area contributed by atoms with Crippen molar-refractivity contribution in [2.75, 3.05) is 25.6 Å². The average Bonchev–Trinajstić information content (AvgIpc) is 2.26. The Balaban J connectivity index is 3.13. The topological polar surface area (TPSA) is 38.5 Å². The van der Waals surface area contributed by atoms with E-state index in [1.165, 1.54) is 0 Å². The van der Waals surface area contributed by atoms with Gasteiger partial charge in [0.15, 0.2) is 0 Å². The summed E-state index contributed by atoms with van der Waals surface area (Å²) in [7, 11) is 3.79. The lowest BCUT2D eigenvalue weighted by Crippen LogP contribution is -2.25. The molecule has 17 heavy (non-hydrogen) atoms. The molecule has 0 aromatic heterocycles. The average molecular weight is 236 g/mol. The van der Waals surface area contributed by atoms with Crippen LogP contribution in [0, 0.1) is 5.92 Å². The van der Waals surface area contributed by atoms with E-state index in [0.29, 0.717) is 5.92 Å². The maximum absolute atomic E-state index is 6.05. The van der Waals surface area contributed by atoms with E-state index in [1.54, 1.807) is 7.11 Å². The van der Waals surface area contributed by atoms with E-state index in [2.05, 4.69) is 31.9 Å². The van der Waals surface area contributed by atoms with Crippen molar-refractivity contribution >= 4 is 5.69 Å². The Morgan fingerprint density at radius 2 is 1.94 bits per heavy atom. The molecule has 1 atom stereocenters. The van der Waals surface area contributed by atoms with Crippen molar-refractivity contribution < 1.29 is 4.74 Å². The quantitative estimate of drug-likeness (QED) is 0.854. The van der Waals surface area contributed by atoms with Gasteiger partial charge in [-0.15, -0.1) is 0 Å². The summed E-state index contributed by atoms with van der Waals surface area (Å²) >= 11 is 0. The predicted octanol–water partition coefficient (Wildman–Crippen LogP) is 2.81. The molecule has 1 aromatic rings. The Hall–Kier alpha value is -1.22. The van der Waals surface area contributed by atoms with Crippen molar-refractivity contribution in [3.8, 4) is 5.75 Å². The van der Waals surface area contributed by atoms with Crippen molar-refractivity contribution in [2.45, 2.75) is 26.8 Å². The highest BCUT2D eigenvalue weighted by molar-refractivity contribution is 5.60. The summed E-state index contributed by atoms with van der Waals surface area (Å²) in [5, 5.41) is 0. The van der Waals surface area contributed by atoms with Crippen LogP contribution in [0.3, 0.4) is 0 Å². The fourth-order valence-corrected chi connectivity index (χ4v) is 2.15. The van der Waals surface area contributed by atoms with Crippen LogP contribution in [0.25, 0.3) is 0 Å². The van der Waals surface area contributed by atoms with Gasteiger partial charge in [-0.3, -0.25) is 0 Å². The highest BCUT2D eigenvalue weighted by Crippen LogP contribution is 2.33. The van der Waals surface area contributed by atoms with E-state index in [-0.39, 0.29) is 6.04 Å². The fraction of sp³-hybridized carbons (Fsp3) is 0.571. The third-order valence-corrected chi connectivity index (χ3v) is 2.77. The van der Waals surface area contributed by atoms with Gasteiger partial charge in [-0.05, 0) is 25.0 Å². The number of nitrogens with two attached hydrogens (primary N) is 1. The minimum Gasteiger partial charge on any atom is -0.496 e. The minimum atomic E-state index is -0.0317. The molecule has 0 saturated heterocycles. The first-order valence-electron chi connectivity index (χ1n) is 6.11. The second kappa shape index (κ2) is 5.92. The van der Waals surface area contributed by atoms with E-state index in [1.807, 2.05) is 19.1 Å². The first-order valence-corrected chi connectivity index (χ1v) is 6.11. The highest BCUT2D eigenvalue weighted by atomic mass is 16.5. The summed E-state index contributed by atoms with van der Waals surface area (Å²) in [6.45, 7) is 7.42. The van der Waals surface area contributed by atoms with Crippen LogP contribution in [-0.2, 0) is 0 Å². The fourth-order valence-electron chi connectivity index (χ4n) is 2.15. The monoisotopic (exact) mass is 236 g/mol. The van der Waals surface area contributed by atoms with Gasteiger partial charge in [0.1, 0.15) is 5.75 Å². The molecule has 0 amide bonds. The van der Waals surface area contributed by atoms with Crippen LogP contribution in [0.4, 0.5) is 5.69 Å². The number of hydrogen-bond acceptors (Lipinski definition) is 3. The number of rotatable bonds is 5. The summed E-state index contributed by atoms with van der Waals surface area (Å²) in [5.41, 5.74) is 8.29. The zero-order valence-corrected chi connectivity index (χ0v) is 11.5. The molecule has 0 unspecified atom stereocenters. The molecule has 96 valence electrons. The first kappa shape index (κ1) is 13.8. The summed E-state index contributed by atoms with van der Waals surface area (Å²) in [4.78, 5) is 2.24. The molecule has 0 heterocycles. The van der Waals surface area contributed by atoms with Gasteiger partial charge in [0, 0.05) is 30.9 Å². The number of anilines is 1. The smallest absolute Gasteiger partial charge is 0.125 e. The molecule has 0 radical (unpaired) electrons. The molecule has 2 N–H and O–H groups in total. The molecule has 0 aliphatic heterocycles. The Bertz CT molecular complexity index is 361. The maximum Gasteiger partial charge on any atom is 0.125 e. The molecule has 3 heteroatoms. The van der Waals surface area contributed by atoms with Gasteiger partial charge in [-0.1, -0.05) is 19.9 Å². The molecule has 0 bridgehead atoms. The Kier molecular flexibility index (Phi) is 4.82. The van der Waals surface area contributed by atoms with Crippen LogP contribution in [-0.4, -0.2) is 20.7 Å². The van der Waals surface area contributed by atoms with Gasteiger partial charge in [0.05, 0.1) is 7.11 Å². The van der Waals surface area contributed by atoms with Crippen LogP contribution in [0.1, 0.15) is 32.4 Å².